The third-order valence-corrected chi connectivity index (χ3v) is 2.73. The van der Waals surface area contributed by atoms with E-state index in [0.717, 1.165) is 36.8 Å². The van der Waals surface area contributed by atoms with Crippen LogP contribution >= 0.6 is 12.6 Å². The Kier molecular flexibility index (Phi) is 3.02. The second-order valence-electron chi connectivity index (χ2n) is 3.48. The number of nitrogens with one attached hydrogen (secondary N) is 1. The van der Waals surface area contributed by atoms with Gasteiger partial charge < -0.3 is 10.2 Å². The van der Waals surface area contributed by atoms with Crippen molar-refractivity contribution in [1.29, 1.82) is 5.26 Å². The van der Waals surface area contributed by atoms with Gasteiger partial charge in [0.25, 0.3) is 0 Å². The first kappa shape index (κ1) is 10.2. The van der Waals surface area contributed by atoms with Crippen LogP contribution < -0.4 is 10.2 Å². The Balaban J connectivity index is 2.36. The number of fused-ring (bicyclic) bond motifs is 1. The van der Waals surface area contributed by atoms with Gasteiger partial charge in [0.1, 0.15) is 0 Å². The maximum absolute atomic E-state index is 8.85. The summed E-state index contributed by atoms with van der Waals surface area (Å²) in [7, 11) is 0. The molecule has 78 valence electrons. The molecule has 1 aliphatic heterocycles. The summed E-state index contributed by atoms with van der Waals surface area (Å²) in [4.78, 5) is 2.26. The van der Waals surface area contributed by atoms with E-state index < -0.39 is 0 Å². The summed E-state index contributed by atoms with van der Waals surface area (Å²) in [5.74, 6) is 0.830. The standard InChI is InChI=1S/C11H13N3S/c12-8-9-1-2-10-11(7-9)14(5-6-15)4-3-13-10/h1-2,7,13,15H,3-6H2. The number of benzene rings is 1. The molecule has 1 N–H and O–H groups in total. The van der Waals surface area contributed by atoms with Gasteiger partial charge in [0, 0.05) is 25.4 Å². The Morgan fingerprint density at radius 3 is 3.13 bits per heavy atom. The number of rotatable bonds is 2. The first-order valence-electron chi connectivity index (χ1n) is 4.99. The average Bonchev–Trinajstić information content (AvgIpc) is 2.29. The normalized spacial score (nSPS) is 14.0. The highest BCUT2D eigenvalue weighted by molar-refractivity contribution is 7.80. The predicted molar refractivity (Wildman–Crippen MR) is 65.7 cm³/mol. The van der Waals surface area contributed by atoms with Gasteiger partial charge in [0.2, 0.25) is 0 Å². The van der Waals surface area contributed by atoms with Crippen LogP contribution in [0.3, 0.4) is 0 Å². The third kappa shape index (κ3) is 2.02. The van der Waals surface area contributed by atoms with E-state index in [-0.39, 0.29) is 0 Å². The first-order valence-corrected chi connectivity index (χ1v) is 5.62. The van der Waals surface area contributed by atoms with Gasteiger partial charge in [-0.15, -0.1) is 0 Å². The van der Waals surface area contributed by atoms with Gasteiger partial charge in [-0.3, -0.25) is 0 Å². The minimum Gasteiger partial charge on any atom is -0.382 e. The van der Waals surface area contributed by atoms with Crippen molar-refractivity contribution in [3.05, 3.63) is 23.8 Å². The van der Waals surface area contributed by atoms with E-state index in [9.17, 15) is 0 Å². The highest BCUT2D eigenvalue weighted by atomic mass is 32.1. The quantitative estimate of drug-likeness (QED) is 0.744. The minimum absolute atomic E-state index is 0.710. The fraction of sp³-hybridized carbons (Fsp3) is 0.364. The Hall–Kier alpha value is -1.34. The largest absolute Gasteiger partial charge is 0.382 e. The lowest BCUT2D eigenvalue weighted by molar-refractivity contribution is 0.820. The smallest absolute Gasteiger partial charge is 0.0992 e. The van der Waals surface area contributed by atoms with E-state index in [0.29, 0.717) is 5.56 Å². The van der Waals surface area contributed by atoms with E-state index in [1.165, 1.54) is 0 Å². The number of nitriles is 1. The average molecular weight is 219 g/mol. The SMILES string of the molecule is N#Cc1ccc2c(c1)N(CCS)CCN2. The second-order valence-corrected chi connectivity index (χ2v) is 3.93. The molecule has 0 saturated carbocycles. The summed E-state index contributed by atoms with van der Waals surface area (Å²) in [6, 6.07) is 7.92. The highest BCUT2D eigenvalue weighted by Crippen LogP contribution is 2.29. The predicted octanol–water partition coefficient (Wildman–Crippen LogP) is 1.72. The van der Waals surface area contributed by atoms with Crippen LogP contribution in [0.15, 0.2) is 18.2 Å². The van der Waals surface area contributed by atoms with Crippen LogP contribution in [0, 0.1) is 11.3 Å². The third-order valence-electron chi connectivity index (χ3n) is 2.53. The van der Waals surface area contributed by atoms with Gasteiger partial charge in [-0.2, -0.15) is 17.9 Å². The van der Waals surface area contributed by atoms with Gasteiger partial charge in [-0.05, 0) is 18.2 Å². The molecule has 0 radical (unpaired) electrons. The molecule has 15 heavy (non-hydrogen) atoms. The molecule has 1 aromatic rings. The molecule has 0 bridgehead atoms. The Labute approximate surface area is 95.1 Å². The minimum atomic E-state index is 0.710. The monoisotopic (exact) mass is 219 g/mol. The molecule has 3 nitrogen and oxygen atoms in total. The lowest BCUT2D eigenvalue weighted by atomic mass is 10.1. The lowest BCUT2D eigenvalue weighted by Crippen LogP contribution is -2.35. The maximum Gasteiger partial charge on any atom is 0.0992 e. The molecular formula is C11H13N3S. The molecule has 0 spiro atoms. The zero-order valence-corrected chi connectivity index (χ0v) is 9.30. The highest BCUT2D eigenvalue weighted by Gasteiger charge is 2.15. The maximum atomic E-state index is 8.85. The fourth-order valence-corrected chi connectivity index (χ4v) is 2.05. The molecule has 1 aromatic carbocycles. The van der Waals surface area contributed by atoms with Crippen molar-refractivity contribution in [2.45, 2.75) is 0 Å². The van der Waals surface area contributed by atoms with Gasteiger partial charge in [0.05, 0.1) is 23.0 Å². The summed E-state index contributed by atoms with van der Waals surface area (Å²) in [5.41, 5.74) is 2.94. The van der Waals surface area contributed by atoms with Gasteiger partial charge in [0.15, 0.2) is 0 Å². The van der Waals surface area contributed by atoms with E-state index in [4.69, 9.17) is 5.26 Å². The number of anilines is 2. The molecule has 1 aliphatic rings. The molecule has 0 aliphatic carbocycles. The summed E-state index contributed by atoms with van der Waals surface area (Å²) >= 11 is 4.24. The van der Waals surface area contributed by atoms with E-state index >= 15 is 0 Å². The van der Waals surface area contributed by atoms with E-state index in [1.807, 2.05) is 18.2 Å². The van der Waals surface area contributed by atoms with Crippen molar-refractivity contribution in [2.24, 2.45) is 0 Å². The topological polar surface area (TPSA) is 39.1 Å². The summed E-state index contributed by atoms with van der Waals surface area (Å²) in [6.45, 7) is 2.85. The summed E-state index contributed by atoms with van der Waals surface area (Å²) in [5, 5.41) is 12.2. The van der Waals surface area contributed by atoms with Gasteiger partial charge >= 0.3 is 0 Å². The van der Waals surface area contributed by atoms with Crippen LogP contribution in [-0.2, 0) is 0 Å². The summed E-state index contributed by atoms with van der Waals surface area (Å²) < 4.78 is 0. The summed E-state index contributed by atoms with van der Waals surface area (Å²) in [6.07, 6.45) is 0. The molecule has 0 aromatic heterocycles. The first-order chi connectivity index (χ1) is 7.35. The molecule has 0 fully saturated rings. The van der Waals surface area contributed by atoms with Crippen LogP contribution in [0.5, 0.6) is 0 Å². The van der Waals surface area contributed by atoms with Crippen molar-refractivity contribution in [2.75, 3.05) is 35.6 Å². The van der Waals surface area contributed by atoms with Gasteiger partial charge in [-0.25, -0.2) is 0 Å². The van der Waals surface area contributed by atoms with Gasteiger partial charge in [-0.1, -0.05) is 0 Å². The second kappa shape index (κ2) is 4.45. The van der Waals surface area contributed by atoms with Crippen LogP contribution in [0.4, 0.5) is 11.4 Å². The number of thiol groups is 1. The Morgan fingerprint density at radius 1 is 1.53 bits per heavy atom. The lowest BCUT2D eigenvalue weighted by Gasteiger charge is -2.31. The zero-order chi connectivity index (χ0) is 10.7. The van der Waals surface area contributed by atoms with Crippen LogP contribution in [0.2, 0.25) is 0 Å². The Bertz CT molecular complexity index is 397. The van der Waals surface area contributed by atoms with Crippen molar-refractivity contribution < 1.29 is 0 Å². The molecule has 2 rings (SSSR count). The molecule has 0 amide bonds. The van der Waals surface area contributed by atoms with Crippen molar-refractivity contribution in [3.8, 4) is 6.07 Å². The molecule has 0 unspecified atom stereocenters. The van der Waals surface area contributed by atoms with Crippen molar-refractivity contribution in [3.63, 3.8) is 0 Å². The van der Waals surface area contributed by atoms with Crippen molar-refractivity contribution >= 4 is 24.0 Å². The fourth-order valence-electron chi connectivity index (χ4n) is 1.81. The van der Waals surface area contributed by atoms with Crippen LogP contribution in [-0.4, -0.2) is 25.4 Å². The molecular weight excluding hydrogens is 206 g/mol. The Morgan fingerprint density at radius 2 is 2.40 bits per heavy atom. The van der Waals surface area contributed by atoms with Crippen LogP contribution in [0.1, 0.15) is 5.56 Å². The molecule has 4 heteroatoms. The van der Waals surface area contributed by atoms with E-state index in [2.05, 4.69) is 28.9 Å². The zero-order valence-electron chi connectivity index (χ0n) is 8.40. The molecule has 0 atom stereocenters. The molecule has 0 saturated heterocycles. The van der Waals surface area contributed by atoms with Crippen molar-refractivity contribution in [1.82, 2.24) is 0 Å². The van der Waals surface area contributed by atoms with Crippen LogP contribution in [0.25, 0.3) is 0 Å². The van der Waals surface area contributed by atoms with E-state index in [1.54, 1.807) is 0 Å². The number of hydrogen-bond donors (Lipinski definition) is 2. The number of nitrogens with zero attached hydrogens (tertiary/aromatic N) is 2. The molecule has 1 heterocycles. The number of hydrogen-bond acceptors (Lipinski definition) is 4.